The second-order valence-electron chi connectivity index (χ2n) is 10.2. The maximum absolute atomic E-state index is 13.6. The SMILES string of the molecule is CC(=O)N(C)C1CCC[C@@H](NC(=O)c2sc3nccc4c3c2NC(=O)N4S2=C(C)C=C(Oc3ccccc3)N=C2)C1. The van der Waals surface area contributed by atoms with Crippen LogP contribution in [-0.4, -0.2) is 57.3 Å². The zero-order valence-electron chi connectivity index (χ0n) is 22.9. The van der Waals surface area contributed by atoms with E-state index in [0.717, 1.165) is 29.5 Å². The van der Waals surface area contributed by atoms with Crippen LogP contribution in [0.2, 0.25) is 0 Å². The fourth-order valence-electron chi connectivity index (χ4n) is 5.39. The maximum Gasteiger partial charge on any atom is 0.336 e. The van der Waals surface area contributed by atoms with Crippen molar-refractivity contribution < 1.29 is 19.1 Å². The van der Waals surface area contributed by atoms with E-state index in [2.05, 4.69) is 20.6 Å². The van der Waals surface area contributed by atoms with Crippen LogP contribution in [0.3, 0.4) is 0 Å². The standard InChI is InChI=1S/C29H30N6O4S2/c1-17-14-23(39-21-10-5-4-6-11-21)31-16-41(17)35-22-12-13-30-28-24(22)25(33-29(35)38)26(40-28)27(37)32-19-8-7-9-20(15-19)34(3)18(2)36/h4-6,10-14,16,19-20H,7-9,15H2,1-3H3,(H,32,37)(H,33,38)/t19-,20?,41?/m1/s1. The zero-order chi connectivity index (χ0) is 28.7. The van der Waals surface area contributed by atoms with Gasteiger partial charge in [0.15, 0.2) is 0 Å². The van der Waals surface area contributed by atoms with Gasteiger partial charge in [-0.15, -0.1) is 11.3 Å². The van der Waals surface area contributed by atoms with E-state index in [-0.39, 0.29) is 29.9 Å². The Morgan fingerprint density at radius 2 is 2.02 bits per heavy atom. The van der Waals surface area contributed by atoms with Crippen LogP contribution >= 0.6 is 22.0 Å². The molecule has 1 fully saturated rings. The molecule has 212 valence electrons. The molecule has 0 spiro atoms. The minimum atomic E-state index is -0.784. The van der Waals surface area contributed by atoms with Crippen molar-refractivity contribution in [1.29, 1.82) is 0 Å². The molecule has 4 amide bonds. The van der Waals surface area contributed by atoms with Crippen LogP contribution < -0.4 is 19.7 Å². The van der Waals surface area contributed by atoms with E-state index >= 15 is 0 Å². The second kappa shape index (κ2) is 11.1. The van der Waals surface area contributed by atoms with Crippen molar-refractivity contribution in [2.75, 3.05) is 16.7 Å². The van der Waals surface area contributed by atoms with Crippen molar-refractivity contribution in [1.82, 2.24) is 15.2 Å². The van der Waals surface area contributed by atoms with Crippen molar-refractivity contribution in [3.63, 3.8) is 0 Å². The van der Waals surface area contributed by atoms with Crippen molar-refractivity contribution in [2.24, 2.45) is 4.99 Å². The van der Waals surface area contributed by atoms with Gasteiger partial charge in [-0.25, -0.2) is 19.1 Å². The summed E-state index contributed by atoms with van der Waals surface area (Å²) in [4.78, 5) is 51.7. The third kappa shape index (κ3) is 5.24. The predicted octanol–water partition coefficient (Wildman–Crippen LogP) is 5.51. The number of carbonyl (C=O) groups is 3. The van der Waals surface area contributed by atoms with Crippen LogP contribution in [0.1, 0.15) is 49.2 Å². The van der Waals surface area contributed by atoms with E-state index in [1.807, 2.05) is 50.4 Å². The Bertz CT molecular complexity index is 1650. The van der Waals surface area contributed by atoms with Gasteiger partial charge in [-0.05, 0) is 61.5 Å². The number of aliphatic imine (C=N–C) groups is 1. The lowest BCUT2D eigenvalue weighted by Crippen LogP contribution is -2.46. The molecule has 6 rings (SSSR count). The van der Waals surface area contributed by atoms with Gasteiger partial charge >= 0.3 is 6.03 Å². The van der Waals surface area contributed by atoms with Gasteiger partial charge < -0.3 is 20.3 Å². The highest BCUT2D eigenvalue weighted by Gasteiger charge is 2.35. The van der Waals surface area contributed by atoms with E-state index in [1.165, 1.54) is 11.3 Å². The number of hydrogen-bond acceptors (Lipinski definition) is 7. The summed E-state index contributed by atoms with van der Waals surface area (Å²) >= 11 is 1.27. The quantitative estimate of drug-likeness (QED) is 0.368. The van der Waals surface area contributed by atoms with Gasteiger partial charge in [-0.2, -0.15) is 0 Å². The molecule has 2 N–H and O–H groups in total. The summed E-state index contributed by atoms with van der Waals surface area (Å²) in [5.74, 6) is 0.909. The Balaban J connectivity index is 1.27. The van der Waals surface area contributed by atoms with Crippen LogP contribution in [0.25, 0.3) is 10.2 Å². The number of para-hydroxylation sites is 1. The summed E-state index contributed by atoms with van der Waals surface area (Å²) in [6, 6.07) is 10.9. The largest absolute Gasteiger partial charge is 0.439 e. The molecule has 0 radical (unpaired) electrons. The number of amides is 4. The third-order valence-corrected chi connectivity index (χ3v) is 10.5. The summed E-state index contributed by atoms with van der Waals surface area (Å²) in [6.45, 7) is 3.50. The number of urea groups is 1. The molecule has 0 saturated heterocycles. The maximum atomic E-state index is 13.6. The molecular weight excluding hydrogens is 560 g/mol. The van der Waals surface area contributed by atoms with Crippen LogP contribution in [0, 0.1) is 0 Å². The van der Waals surface area contributed by atoms with Crippen LogP contribution in [0.5, 0.6) is 5.75 Å². The molecular formula is C29H30N6O4S2. The summed E-state index contributed by atoms with van der Waals surface area (Å²) in [5, 5.41) is 6.87. The van der Waals surface area contributed by atoms with Gasteiger partial charge in [0.1, 0.15) is 15.5 Å². The molecule has 3 aromatic rings. The van der Waals surface area contributed by atoms with Gasteiger partial charge in [0, 0.05) is 43.2 Å². The normalized spacial score (nSPS) is 21.8. The highest BCUT2D eigenvalue weighted by atomic mass is 32.2. The Hall–Kier alpha value is -4.03. The number of carbonyl (C=O) groups excluding carboxylic acids is 3. The molecule has 3 atom stereocenters. The van der Waals surface area contributed by atoms with Gasteiger partial charge in [0.2, 0.25) is 11.8 Å². The van der Waals surface area contributed by atoms with E-state index in [9.17, 15) is 14.4 Å². The molecule has 2 aromatic heterocycles. The van der Waals surface area contributed by atoms with Gasteiger partial charge in [0.05, 0.1) is 22.3 Å². The molecule has 0 bridgehead atoms. The monoisotopic (exact) mass is 590 g/mol. The number of rotatable bonds is 6. The number of thiophene rings is 1. The van der Waals surface area contributed by atoms with E-state index < -0.39 is 10.7 Å². The molecule has 2 unspecified atom stereocenters. The number of aromatic nitrogens is 1. The van der Waals surface area contributed by atoms with Gasteiger partial charge in [0.25, 0.3) is 5.91 Å². The topological polar surface area (TPSA) is 116 Å². The van der Waals surface area contributed by atoms with Gasteiger partial charge in [-0.1, -0.05) is 18.2 Å². The minimum absolute atomic E-state index is 0.0217. The lowest BCUT2D eigenvalue weighted by Gasteiger charge is -2.35. The first-order chi connectivity index (χ1) is 19.8. The lowest BCUT2D eigenvalue weighted by molar-refractivity contribution is -0.130. The average molecular weight is 591 g/mol. The Morgan fingerprint density at radius 3 is 2.78 bits per heavy atom. The summed E-state index contributed by atoms with van der Waals surface area (Å²) in [5.41, 5.74) is 2.89. The molecule has 12 heteroatoms. The van der Waals surface area contributed by atoms with Crippen molar-refractivity contribution in [3.05, 3.63) is 59.4 Å². The Morgan fingerprint density at radius 1 is 1.22 bits per heavy atom. The molecule has 1 aliphatic carbocycles. The lowest BCUT2D eigenvalue weighted by atomic mass is 9.90. The van der Waals surface area contributed by atoms with Crippen molar-refractivity contribution in [2.45, 2.75) is 51.6 Å². The number of anilines is 2. The van der Waals surface area contributed by atoms with E-state index in [1.54, 1.807) is 33.9 Å². The summed E-state index contributed by atoms with van der Waals surface area (Å²) in [6.07, 6.45) is 6.90. The summed E-state index contributed by atoms with van der Waals surface area (Å²) < 4.78 is 7.55. The van der Waals surface area contributed by atoms with Crippen LogP contribution in [-0.2, 0) is 4.79 Å². The molecule has 4 heterocycles. The number of nitrogens with one attached hydrogen (secondary N) is 2. The second-order valence-corrected chi connectivity index (χ2v) is 13.1. The molecule has 1 saturated carbocycles. The van der Waals surface area contributed by atoms with E-state index in [4.69, 9.17) is 4.74 Å². The highest BCUT2D eigenvalue weighted by molar-refractivity contribution is 8.28. The molecule has 41 heavy (non-hydrogen) atoms. The first-order valence-electron chi connectivity index (χ1n) is 13.4. The number of benzene rings is 1. The Labute approximate surface area is 244 Å². The fourth-order valence-corrected chi connectivity index (χ4v) is 7.97. The molecule has 10 nitrogen and oxygen atoms in total. The number of allylic oxidation sites excluding steroid dienone is 1. The number of pyridine rings is 1. The first-order valence-corrected chi connectivity index (χ1v) is 15.5. The number of nitrogens with zero attached hydrogens (tertiary/aromatic N) is 4. The smallest absolute Gasteiger partial charge is 0.336 e. The first kappa shape index (κ1) is 27.2. The van der Waals surface area contributed by atoms with Crippen molar-refractivity contribution >= 4 is 71.9 Å². The molecule has 3 aliphatic rings. The Kier molecular flexibility index (Phi) is 7.35. The number of hydrogen-bond donors (Lipinski definition) is 2. The van der Waals surface area contributed by atoms with Crippen LogP contribution in [0.15, 0.2) is 59.5 Å². The third-order valence-electron chi connectivity index (χ3n) is 7.54. The zero-order valence-corrected chi connectivity index (χ0v) is 24.6. The van der Waals surface area contributed by atoms with Crippen molar-refractivity contribution in [3.8, 4) is 5.75 Å². The molecule has 1 aromatic carbocycles. The average Bonchev–Trinajstić information content (AvgIpc) is 3.33. The predicted molar refractivity (Wildman–Crippen MR) is 165 cm³/mol. The van der Waals surface area contributed by atoms with Crippen LogP contribution in [0.4, 0.5) is 16.2 Å². The minimum Gasteiger partial charge on any atom is -0.439 e. The molecule has 2 aliphatic heterocycles. The fraction of sp³-hybridized carbons (Fsp3) is 0.310. The van der Waals surface area contributed by atoms with E-state index in [0.29, 0.717) is 39.1 Å². The van der Waals surface area contributed by atoms with Gasteiger partial charge in [-0.3, -0.25) is 9.59 Å². The highest BCUT2D eigenvalue weighted by Crippen LogP contribution is 2.47. The number of ether oxygens (including phenoxy) is 1. The summed E-state index contributed by atoms with van der Waals surface area (Å²) in [7, 11) is 1.03.